The van der Waals surface area contributed by atoms with Crippen molar-refractivity contribution in [1.82, 2.24) is 9.97 Å². The Balaban J connectivity index is 0.00000128. The standard InChI is InChI=1S/C38H46N2O2.C2H4O/c1-38(2,3)33-16-17-34-31(21-33)19-30-20-32(22-35(30)40-34)36(41)23-28(10-6-9-25-7-4-5-8-25)26-11-13-27(14-12-26)29-15-18-37(42)39-24-29;1-2-3/h11-15,18-20,24-25,28,33H,4-10,16-17,21-23H2,1-3H3,(H,39,42);2H,1H3/t28-,33-;/m0./s1. The van der Waals surface area contributed by atoms with Gasteiger partial charge < -0.3 is 9.78 Å². The fraction of sp³-hybridized carbons (Fsp3) is 0.500. The van der Waals surface area contributed by atoms with Gasteiger partial charge in [0.05, 0.1) is 5.69 Å². The van der Waals surface area contributed by atoms with Gasteiger partial charge in [0.15, 0.2) is 5.78 Å². The van der Waals surface area contributed by atoms with E-state index in [0.29, 0.717) is 24.2 Å². The molecule has 1 N–H and O–H groups in total. The highest BCUT2D eigenvalue weighted by atomic mass is 16.1. The average Bonchev–Trinajstić information content (AvgIpc) is 3.69. The van der Waals surface area contributed by atoms with Crippen LogP contribution >= 0.6 is 0 Å². The number of aromatic nitrogens is 2. The van der Waals surface area contributed by atoms with Crippen LogP contribution in [0.1, 0.15) is 119 Å². The van der Waals surface area contributed by atoms with Crippen LogP contribution in [0.25, 0.3) is 17.2 Å². The van der Waals surface area contributed by atoms with Crippen molar-refractivity contribution in [2.45, 2.75) is 111 Å². The lowest BCUT2D eigenvalue weighted by atomic mass is 9.71. The Hall–Kier alpha value is -3.60. The number of ketones is 1. The molecule has 0 amide bonds. The number of carbonyl (C=O) groups is 2. The summed E-state index contributed by atoms with van der Waals surface area (Å²) in [6.07, 6.45) is 18.2. The smallest absolute Gasteiger partial charge is 0.247 e. The van der Waals surface area contributed by atoms with Crippen LogP contribution in [0.4, 0.5) is 0 Å². The number of aromatic amines is 1. The molecule has 238 valence electrons. The molecule has 6 rings (SSSR count). The third-order valence-corrected chi connectivity index (χ3v) is 10.3. The van der Waals surface area contributed by atoms with E-state index >= 15 is 0 Å². The maximum Gasteiger partial charge on any atom is 0.247 e. The van der Waals surface area contributed by atoms with Crippen molar-refractivity contribution in [3.63, 3.8) is 0 Å². The number of pyridine rings is 2. The molecule has 1 aromatic carbocycles. The van der Waals surface area contributed by atoms with Gasteiger partial charge in [-0.25, -0.2) is 0 Å². The van der Waals surface area contributed by atoms with E-state index in [1.807, 2.05) is 6.07 Å². The Labute approximate surface area is 269 Å². The van der Waals surface area contributed by atoms with E-state index in [0.717, 1.165) is 59.4 Å². The molecule has 2 aromatic heterocycles. The lowest BCUT2D eigenvalue weighted by Crippen LogP contribution is -2.27. The minimum atomic E-state index is -0.0935. The number of rotatable bonds is 9. The number of allylic oxidation sites excluding steroid dienone is 1. The molecule has 1 fully saturated rings. The van der Waals surface area contributed by atoms with Crippen LogP contribution in [0.5, 0.6) is 0 Å². The predicted molar refractivity (Wildman–Crippen MR) is 183 cm³/mol. The van der Waals surface area contributed by atoms with Gasteiger partial charge >= 0.3 is 0 Å². The summed E-state index contributed by atoms with van der Waals surface area (Å²) in [7, 11) is 0. The summed E-state index contributed by atoms with van der Waals surface area (Å²) in [6, 6.07) is 14.4. The van der Waals surface area contributed by atoms with Crippen LogP contribution < -0.4 is 5.56 Å². The first-order valence-corrected chi connectivity index (χ1v) is 17.1. The molecule has 45 heavy (non-hydrogen) atoms. The van der Waals surface area contributed by atoms with Crippen LogP contribution in [0.15, 0.2) is 59.0 Å². The average molecular weight is 607 g/mol. The van der Waals surface area contributed by atoms with E-state index in [1.165, 1.54) is 68.7 Å². The molecule has 0 spiro atoms. The van der Waals surface area contributed by atoms with Crippen molar-refractivity contribution in [1.29, 1.82) is 0 Å². The van der Waals surface area contributed by atoms with Gasteiger partial charge in [0.2, 0.25) is 5.56 Å². The molecular weight excluding hydrogens is 556 g/mol. The topological polar surface area (TPSA) is 79.9 Å². The van der Waals surface area contributed by atoms with Gasteiger partial charge in [-0.1, -0.05) is 83.6 Å². The van der Waals surface area contributed by atoms with Gasteiger partial charge in [0, 0.05) is 36.4 Å². The first-order valence-electron chi connectivity index (χ1n) is 17.1. The molecule has 2 heterocycles. The maximum atomic E-state index is 13.8. The first kappa shape index (κ1) is 32.8. The molecule has 5 heteroatoms. The summed E-state index contributed by atoms with van der Waals surface area (Å²) < 4.78 is 0. The SMILES string of the molecule is CC(C)(C)[C@H]1CCc2nc3c(cc2C1)C=C(C(=O)C[C@H](CCCC1CCCC1)c1ccc(-c2ccc(=O)[nH]c2)cc1)C3.CC=O. The van der Waals surface area contributed by atoms with Gasteiger partial charge in [-0.3, -0.25) is 14.6 Å². The molecular formula is C40H50N2O3. The molecule has 0 aliphatic heterocycles. The number of aryl methyl sites for hydroxylation is 1. The van der Waals surface area contributed by atoms with Crippen molar-refractivity contribution in [2.24, 2.45) is 17.3 Å². The molecule has 0 unspecified atom stereocenters. The normalized spacial score (nSPS) is 18.3. The quantitative estimate of drug-likeness (QED) is 0.247. The zero-order chi connectivity index (χ0) is 32.0. The van der Waals surface area contributed by atoms with E-state index in [2.05, 4.69) is 62.2 Å². The summed E-state index contributed by atoms with van der Waals surface area (Å²) in [5.74, 6) is 2.03. The summed E-state index contributed by atoms with van der Waals surface area (Å²) in [5, 5.41) is 0. The molecule has 0 saturated heterocycles. The second-order valence-electron chi connectivity index (χ2n) is 14.5. The molecule has 3 aliphatic carbocycles. The second kappa shape index (κ2) is 14.7. The molecule has 2 atom stereocenters. The fourth-order valence-corrected chi connectivity index (χ4v) is 7.56. The molecule has 0 radical (unpaired) electrons. The number of benzene rings is 1. The van der Waals surface area contributed by atoms with Gasteiger partial charge in [-0.2, -0.15) is 0 Å². The van der Waals surface area contributed by atoms with Crippen LogP contribution in [-0.4, -0.2) is 22.0 Å². The summed E-state index contributed by atoms with van der Waals surface area (Å²) in [5.41, 5.74) is 9.34. The number of hydrogen-bond acceptors (Lipinski definition) is 4. The number of nitrogens with one attached hydrogen (secondary N) is 1. The van der Waals surface area contributed by atoms with Gasteiger partial charge in [-0.15, -0.1) is 0 Å². The zero-order valence-corrected chi connectivity index (χ0v) is 27.7. The summed E-state index contributed by atoms with van der Waals surface area (Å²) in [4.78, 5) is 42.0. The van der Waals surface area contributed by atoms with Crippen LogP contribution in [0.2, 0.25) is 0 Å². The third kappa shape index (κ3) is 8.36. The molecule has 3 aromatic rings. The van der Waals surface area contributed by atoms with Crippen LogP contribution in [-0.2, 0) is 28.9 Å². The van der Waals surface area contributed by atoms with Crippen molar-refractivity contribution in [3.05, 3.63) is 92.7 Å². The minimum absolute atomic E-state index is 0.0935. The van der Waals surface area contributed by atoms with Gasteiger partial charge in [-0.05, 0) is 102 Å². The van der Waals surface area contributed by atoms with E-state index in [9.17, 15) is 9.59 Å². The second-order valence-corrected chi connectivity index (χ2v) is 14.5. The summed E-state index contributed by atoms with van der Waals surface area (Å²) >= 11 is 0. The van der Waals surface area contributed by atoms with E-state index in [1.54, 1.807) is 12.3 Å². The van der Waals surface area contributed by atoms with E-state index < -0.39 is 0 Å². The van der Waals surface area contributed by atoms with E-state index in [4.69, 9.17) is 9.78 Å². The number of nitrogens with zero attached hydrogens (tertiary/aromatic N) is 1. The Morgan fingerprint density at radius 2 is 1.73 bits per heavy atom. The van der Waals surface area contributed by atoms with Crippen molar-refractivity contribution >= 4 is 18.1 Å². The summed E-state index contributed by atoms with van der Waals surface area (Å²) in [6.45, 7) is 8.49. The number of H-pyrrole nitrogens is 1. The Kier molecular flexibility index (Phi) is 10.7. The third-order valence-electron chi connectivity index (χ3n) is 10.3. The zero-order valence-electron chi connectivity index (χ0n) is 27.7. The molecule has 3 aliphatic rings. The van der Waals surface area contributed by atoms with E-state index in [-0.39, 0.29) is 17.3 Å². The number of Topliss-reactive ketones (excluding diaryl/α,β-unsaturated/α-hetero) is 1. The van der Waals surface area contributed by atoms with Crippen LogP contribution in [0.3, 0.4) is 0 Å². The highest BCUT2D eigenvalue weighted by molar-refractivity contribution is 6.02. The lowest BCUT2D eigenvalue weighted by Gasteiger charge is -2.34. The first-order chi connectivity index (χ1) is 21.6. The highest BCUT2D eigenvalue weighted by Crippen LogP contribution is 2.39. The Morgan fingerprint density at radius 3 is 2.40 bits per heavy atom. The van der Waals surface area contributed by atoms with Gasteiger partial charge in [0.1, 0.15) is 6.29 Å². The van der Waals surface area contributed by atoms with Crippen molar-refractivity contribution in [2.75, 3.05) is 0 Å². The van der Waals surface area contributed by atoms with Crippen LogP contribution in [0, 0.1) is 17.3 Å². The maximum absolute atomic E-state index is 13.8. The largest absolute Gasteiger partial charge is 0.328 e. The number of fused-ring (bicyclic) bond motifs is 2. The van der Waals surface area contributed by atoms with Crippen molar-refractivity contribution < 1.29 is 9.59 Å². The molecule has 1 saturated carbocycles. The minimum Gasteiger partial charge on any atom is -0.328 e. The van der Waals surface area contributed by atoms with Gasteiger partial charge in [0.25, 0.3) is 0 Å². The molecule has 5 nitrogen and oxygen atoms in total. The lowest BCUT2D eigenvalue weighted by molar-refractivity contribution is -0.116. The highest BCUT2D eigenvalue weighted by Gasteiger charge is 2.31. The number of aldehydes is 1. The number of hydrogen-bond donors (Lipinski definition) is 1. The Morgan fingerprint density at radius 1 is 1.02 bits per heavy atom. The van der Waals surface area contributed by atoms with Crippen molar-refractivity contribution in [3.8, 4) is 11.1 Å². The Bertz CT molecular complexity index is 1550. The fourth-order valence-electron chi connectivity index (χ4n) is 7.56. The number of carbonyl (C=O) groups excluding carboxylic acids is 2. The monoisotopic (exact) mass is 606 g/mol. The molecule has 0 bridgehead atoms. The predicted octanol–water partition coefficient (Wildman–Crippen LogP) is 8.84.